The van der Waals surface area contributed by atoms with E-state index in [9.17, 15) is 4.79 Å². The van der Waals surface area contributed by atoms with Gasteiger partial charge in [0.2, 0.25) is 11.9 Å². The van der Waals surface area contributed by atoms with Crippen molar-refractivity contribution in [3.63, 3.8) is 0 Å². The fourth-order valence-corrected chi connectivity index (χ4v) is 2.53. The molecule has 1 amide bonds. The van der Waals surface area contributed by atoms with Crippen LogP contribution >= 0.6 is 0 Å². The summed E-state index contributed by atoms with van der Waals surface area (Å²) < 4.78 is 5.39. The van der Waals surface area contributed by atoms with Gasteiger partial charge in [0.25, 0.3) is 0 Å². The fraction of sp³-hybridized carbons (Fsp3) is 0.353. The zero-order chi connectivity index (χ0) is 16.9. The zero-order valence-corrected chi connectivity index (χ0v) is 13.9. The van der Waals surface area contributed by atoms with Gasteiger partial charge in [0.05, 0.1) is 13.2 Å². The van der Waals surface area contributed by atoms with E-state index in [1.807, 2.05) is 37.3 Å². The van der Waals surface area contributed by atoms with Crippen LogP contribution in [0.4, 0.5) is 23.1 Å². The van der Waals surface area contributed by atoms with E-state index in [4.69, 9.17) is 4.74 Å². The van der Waals surface area contributed by atoms with Gasteiger partial charge in [-0.15, -0.1) is 0 Å². The van der Waals surface area contributed by atoms with E-state index < -0.39 is 0 Å². The van der Waals surface area contributed by atoms with Crippen LogP contribution in [0.5, 0.6) is 0 Å². The molecule has 0 unspecified atom stereocenters. The lowest BCUT2D eigenvalue weighted by Crippen LogP contribution is -2.36. The molecule has 1 saturated heterocycles. The summed E-state index contributed by atoms with van der Waals surface area (Å²) in [5, 5.41) is 5.95. The van der Waals surface area contributed by atoms with Crippen molar-refractivity contribution in [3.05, 3.63) is 36.0 Å². The van der Waals surface area contributed by atoms with Gasteiger partial charge in [-0.05, 0) is 31.2 Å². The molecule has 1 aliphatic rings. The molecule has 0 atom stereocenters. The topological polar surface area (TPSA) is 79.4 Å². The van der Waals surface area contributed by atoms with Gasteiger partial charge in [-0.1, -0.05) is 0 Å². The first-order chi connectivity index (χ1) is 11.6. The summed E-state index contributed by atoms with van der Waals surface area (Å²) in [4.78, 5) is 22.3. The highest BCUT2D eigenvalue weighted by Crippen LogP contribution is 2.20. The summed E-state index contributed by atoms with van der Waals surface area (Å²) in [6, 6.07) is 9.41. The molecular weight excluding hydrogens is 306 g/mol. The van der Waals surface area contributed by atoms with Crippen molar-refractivity contribution >= 4 is 29.0 Å². The molecule has 1 aromatic carbocycles. The summed E-state index contributed by atoms with van der Waals surface area (Å²) in [7, 11) is 0. The Morgan fingerprint density at radius 3 is 2.46 bits per heavy atom. The molecule has 0 saturated carbocycles. The van der Waals surface area contributed by atoms with Crippen LogP contribution in [-0.2, 0) is 9.53 Å². The van der Waals surface area contributed by atoms with Crippen molar-refractivity contribution in [3.8, 4) is 0 Å². The van der Waals surface area contributed by atoms with E-state index in [-0.39, 0.29) is 5.91 Å². The molecule has 24 heavy (non-hydrogen) atoms. The summed E-state index contributed by atoms with van der Waals surface area (Å²) in [5.41, 5.74) is 2.53. The van der Waals surface area contributed by atoms with Gasteiger partial charge in [0, 0.05) is 43.1 Å². The minimum atomic E-state index is -0.0899. The molecule has 7 heteroatoms. The highest BCUT2D eigenvalue weighted by molar-refractivity contribution is 5.88. The van der Waals surface area contributed by atoms with Gasteiger partial charge < -0.3 is 20.3 Å². The van der Waals surface area contributed by atoms with Gasteiger partial charge >= 0.3 is 0 Å². The molecule has 2 N–H and O–H groups in total. The third-order valence-corrected chi connectivity index (χ3v) is 3.64. The van der Waals surface area contributed by atoms with Gasteiger partial charge in [-0.3, -0.25) is 4.79 Å². The molecule has 0 bridgehead atoms. The average molecular weight is 327 g/mol. The van der Waals surface area contributed by atoms with Crippen LogP contribution in [0, 0.1) is 6.92 Å². The Bertz CT molecular complexity index is 711. The van der Waals surface area contributed by atoms with Gasteiger partial charge in [0.1, 0.15) is 5.82 Å². The lowest BCUT2D eigenvalue weighted by Gasteiger charge is -2.28. The lowest BCUT2D eigenvalue weighted by molar-refractivity contribution is -0.114. The normalized spacial score (nSPS) is 14.3. The van der Waals surface area contributed by atoms with Crippen LogP contribution in [-0.4, -0.2) is 42.2 Å². The van der Waals surface area contributed by atoms with E-state index in [0.717, 1.165) is 49.2 Å². The number of amides is 1. The third-order valence-electron chi connectivity index (χ3n) is 3.64. The molecule has 0 spiro atoms. The van der Waals surface area contributed by atoms with Crippen LogP contribution in [0.25, 0.3) is 0 Å². The Labute approximate surface area is 141 Å². The van der Waals surface area contributed by atoms with Crippen molar-refractivity contribution in [2.24, 2.45) is 0 Å². The third kappa shape index (κ3) is 4.20. The summed E-state index contributed by atoms with van der Waals surface area (Å²) in [6.45, 7) is 6.55. The Kier molecular flexibility index (Phi) is 4.90. The number of nitrogens with zero attached hydrogens (tertiary/aromatic N) is 3. The molecule has 2 aromatic rings. The minimum absolute atomic E-state index is 0.0899. The highest BCUT2D eigenvalue weighted by Gasteiger charge is 2.14. The fourth-order valence-electron chi connectivity index (χ4n) is 2.53. The number of hydrogen-bond donors (Lipinski definition) is 2. The number of carbonyl (C=O) groups is 1. The minimum Gasteiger partial charge on any atom is -0.378 e. The molecule has 7 nitrogen and oxygen atoms in total. The molecule has 1 fully saturated rings. The average Bonchev–Trinajstić information content (AvgIpc) is 2.56. The van der Waals surface area contributed by atoms with E-state index in [1.165, 1.54) is 6.92 Å². The zero-order valence-electron chi connectivity index (χ0n) is 13.9. The Hall–Kier alpha value is -2.67. The van der Waals surface area contributed by atoms with Crippen LogP contribution in [0.15, 0.2) is 30.3 Å². The molecule has 0 radical (unpaired) electrons. The van der Waals surface area contributed by atoms with Crippen molar-refractivity contribution in [2.75, 3.05) is 41.8 Å². The Morgan fingerprint density at radius 1 is 1.12 bits per heavy atom. The van der Waals surface area contributed by atoms with Gasteiger partial charge in [-0.25, -0.2) is 4.98 Å². The maximum absolute atomic E-state index is 11.1. The van der Waals surface area contributed by atoms with Crippen molar-refractivity contribution in [1.29, 1.82) is 0 Å². The van der Waals surface area contributed by atoms with Gasteiger partial charge in [-0.2, -0.15) is 4.98 Å². The summed E-state index contributed by atoms with van der Waals surface area (Å²) in [5.74, 6) is 1.37. The second-order valence-corrected chi connectivity index (χ2v) is 5.67. The van der Waals surface area contributed by atoms with E-state index in [0.29, 0.717) is 5.95 Å². The quantitative estimate of drug-likeness (QED) is 0.897. The number of hydrogen-bond acceptors (Lipinski definition) is 6. The number of benzene rings is 1. The number of morpholine rings is 1. The highest BCUT2D eigenvalue weighted by atomic mass is 16.5. The maximum Gasteiger partial charge on any atom is 0.229 e. The SMILES string of the molecule is CC(=O)Nc1ccc(Nc2nc(C)cc(N3CCOCC3)n2)cc1. The van der Waals surface area contributed by atoms with Crippen LogP contribution < -0.4 is 15.5 Å². The van der Waals surface area contributed by atoms with E-state index >= 15 is 0 Å². The van der Waals surface area contributed by atoms with Gasteiger partial charge in [0.15, 0.2) is 0 Å². The predicted molar refractivity (Wildman–Crippen MR) is 93.8 cm³/mol. The first-order valence-corrected chi connectivity index (χ1v) is 7.93. The summed E-state index contributed by atoms with van der Waals surface area (Å²) in [6.07, 6.45) is 0. The number of ether oxygens (including phenoxy) is 1. The first-order valence-electron chi connectivity index (χ1n) is 7.93. The molecule has 0 aliphatic carbocycles. The molecular formula is C17H21N5O2. The first kappa shape index (κ1) is 16.2. The van der Waals surface area contributed by atoms with Crippen LogP contribution in [0.3, 0.4) is 0 Å². The standard InChI is InChI=1S/C17H21N5O2/c1-12-11-16(22-7-9-24-10-8-22)21-17(18-12)20-15-5-3-14(4-6-15)19-13(2)23/h3-6,11H,7-10H2,1-2H3,(H,19,23)(H,18,20,21). The molecule has 126 valence electrons. The number of rotatable bonds is 4. The number of aromatic nitrogens is 2. The smallest absolute Gasteiger partial charge is 0.229 e. The second-order valence-electron chi connectivity index (χ2n) is 5.67. The van der Waals surface area contributed by atoms with E-state index in [1.54, 1.807) is 0 Å². The second kappa shape index (κ2) is 7.27. The summed E-state index contributed by atoms with van der Waals surface area (Å²) >= 11 is 0. The van der Waals surface area contributed by atoms with E-state index in [2.05, 4.69) is 25.5 Å². The van der Waals surface area contributed by atoms with Crippen molar-refractivity contribution in [1.82, 2.24) is 9.97 Å². The molecule has 3 rings (SSSR count). The number of carbonyl (C=O) groups excluding carboxylic acids is 1. The molecule has 2 heterocycles. The number of aryl methyl sites for hydroxylation is 1. The largest absolute Gasteiger partial charge is 0.378 e. The Morgan fingerprint density at radius 2 is 1.79 bits per heavy atom. The number of anilines is 4. The maximum atomic E-state index is 11.1. The molecule has 1 aliphatic heterocycles. The number of nitrogens with one attached hydrogen (secondary N) is 2. The van der Waals surface area contributed by atoms with Crippen LogP contribution in [0.2, 0.25) is 0 Å². The molecule has 1 aromatic heterocycles. The Balaban J connectivity index is 1.74. The monoisotopic (exact) mass is 327 g/mol. The lowest BCUT2D eigenvalue weighted by atomic mass is 10.3. The van der Waals surface area contributed by atoms with Crippen LogP contribution in [0.1, 0.15) is 12.6 Å². The van der Waals surface area contributed by atoms with Crippen molar-refractivity contribution < 1.29 is 9.53 Å². The predicted octanol–water partition coefficient (Wildman–Crippen LogP) is 2.32. The van der Waals surface area contributed by atoms with Crippen molar-refractivity contribution in [2.45, 2.75) is 13.8 Å².